The molecule has 0 aromatic carbocycles. The van der Waals surface area contributed by atoms with Crippen LogP contribution in [0.2, 0.25) is 0 Å². The largest absolute Gasteiger partial charge is 0.0683 e. The minimum Gasteiger partial charge on any atom is -0.0683 e. The average molecular weight is 196 g/mol. The molecule has 0 nitrogen and oxygen atoms in total. The quantitative estimate of drug-likeness (QED) is 0.525. The van der Waals surface area contributed by atoms with Crippen molar-refractivity contribution in [3.63, 3.8) is 0 Å². The van der Waals surface area contributed by atoms with Gasteiger partial charge in [-0.3, -0.25) is 0 Å². The van der Waals surface area contributed by atoms with Crippen LogP contribution in [0, 0.1) is 29.6 Å². The van der Waals surface area contributed by atoms with Crippen LogP contribution in [0.3, 0.4) is 0 Å². The Labute approximate surface area is 90.5 Å². The second-order valence-electron chi connectivity index (χ2n) is 5.31. The zero-order valence-corrected chi connectivity index (χ0v) is 10.7. The summed E-state index contributed by atoms with van der Waals surface area (Å²) in [6.45, 7) is 11.4. The molecule has 2 saturated carbocycles. The minimum atomic E-state index is 0.992. The van der Waals surface area contributed by atoms with Crippen LogP contribution >= 0.6 is 0 Å². The average Bonchev–Trinajstić information content (AvgIpc) is 2.58. The van der Waals surface area contributed by atoms with E-state index in [0.717, 1.165) is 29.6 Å². The van der Waals surface area contributed by atoms with E-state index in [1.807, 2.05) is 13.8 Å². The molecule has 84 valence electrons. The fraction of sp³-hybridized carbons (Fsp3) is 1.00. The maximum atomic E-state index is 2.49. The molecule has 0 heteroatoms. The molecule has 2 fully saturated rings. The first-order valence-electron chi connectivity index (χ1n) is 6.70. The van der Waals surface area contributed by atoms with E-state index in [-0.39, 0.29) is 0 Å². The van der Waals surface area contributed by atoms with Gasteiger partial charge in [-0.1, -0.05) is 47.5 Å². The molecule has 0 radical (unpaired) electrons. The van der Waals surface area contributed by atoms with Gasteiger partial charge < -0.3 is 0 Å². The van der Waals surface area contributed by atoms with Crippen molar-refractivity contribution in [1.29, 1.82) is 0 Å². The highest BCUT2D eigenvalue weighted by atomic mass is 14.5. The molecule has 0 aromatic heterocycles. The Morgan fingerprint density at radius 1 is 0.714 bits per heavy atom. The van der Waals surface area contributed by atoms with E-state index in [1.165, 1.54) is 25.7 Å². The Balaban J connectivity index is 0.000000461. The van der Waals surface area contributed by atoms with Gasteiger partial charge in [0.25, 0.3) is 0 Å². The van der Waals surface area contributed by atoms with Gasteiger partial charge in [-0.2, -0.15) is 0 Å². The summed E-state index contributed by atoms with van der Waals surface area (Å²) in [5.74, 6) is 5.20. The molecule has 5 atom stereocenters. The molecule has 2 rings (SSSR count). The van der Waals surface area contributed by atoms with Gasteiger partial charge in [0.1, 0.15) is 0 Å². The van der Waals surface area contributed by atoms with Crippen LogP contribution in [-0.2, 0) is 0 Å². The Morgan fingerprint density at radius 3 is 1.79 bits per heavy atom. The predicted octanol–water partition coefficient (Wildman–Crippen LogP) is 4.74. The van der Waals surface area contributed by atoms with Gasteiger partial charge in [-0.15, -0.1) is 0 Å². The number of rotatable bonds is 0. The summed E-state index contributed by atoms with van der Waals surface area (Å²) >= 11 is 0. The topological polar surface area (TPSA) is 0 Å². The fourth-order valence-electron chi connectivity index (χ4n) is 3.73. The Hall–Kier alpha value is 0. The predicted molar refractivity (Wildman–Crippen MR) is 64.3 cm³/mol. The SMILES string of the molecule is CC.CC1CCC2CCC(C)C2C1C. The molecular weight excluding hydrogens is 168 g/mol. The van der Waals surface area contributed by atoms with E-state index >= 15 is 0 Å². The molecule has 2 aliphatic carbocycles. The second kappa shape index (κ2) is 5.19. The van der Waals surface area contributed by atoms with Crippen LogP contribution in [0.15, 0.2) is 0 Å². The highest BCUT2D eigenvalue weighted by Crippen LogP contribution is 2.50. The van der Waals surface area contributed by atoms with Gasteiger partial charge >= 0.3 is 0 Å². The van der Waals surface area contributed by atoms with E-state index in [9.17, 15) is 0 Å². The third-order valence-electron chi connectivity index (χ3n) is 4.69. The normalized spacial score (nSPS) is 46.5. The van der Waals surface area contributed by atoms with E-state index in [1.54, 1.807) is 0 Å². The first-order chi connectivity index (χ1) is 6.70. The summed E-state index contributed by atoms with van der Waals surface area (Å²) in [5.41, 5.74) is 0. The summed E-state index contributed by atoms with van der Waals surface area (Å²) in [6, 6.07) is 0. The van der Waals surface area contributed by atoms with E-state index < -0.39 is 0 Å². The molecule has 0 heterocycles. The van der Waals surface area contributed by atoms with Crippen LogP contribution in [0.4, 0.5) is 0 Å². The highest BCUT2D eigenvalue weighted by molar-refractivity contribution is 4.91. The summed E-state index contributed by atoms with van der Waals surface area (Å²) < 4.78 is 0. The lowest BCUT2D eigenvalue weighted by Gasteiger charge is -2.38. The van der Waals surface area contributed by atoms with Crippen LogP contribution in [0.1, 0.15) is 60.3 Å². The Kier molecular flexibility index (Phi) is 4.47. The molecule has 0 aliphatic heterocycles. The maximum absolute atomic E-state index is 2.49. The Bertz CT molecular complexity index is 161. The van der Waals surface area contributed by atoms with Crippen molar-refractivity contribution in [3.05, 3.63) is 0 Å². The summed E-state index contributed by atoms with van der Waals surface area (Å²) in [7, 11) is 0. The van der Waals surface area contributed by atoms with Gasteiger partial charge in [-0.05, 0) is 42.4 Å². The van der Waals surface area contributed by atoms with Crippen molar-refractivity contribution in [2.24, 2.45) is 29.6 Å². The molecule has 0 aromatic rings. The van der Waals surface area contributed by atoms with Crippen LogP contribution in [-0.4, -0.2) is 0 Å². The summed E-state index contributed by atoms with van der Waals surface area (Å²) in [5, 5.41) is 0. The van der Waals surface area contributed by atoms with Crippen molar-refractivity contribution in [1.82, 2.24) is 0 Å². The van der Waals surface area contributed by atoms with Crippen molar-refractivity contribution in [2.75, 3.05) is 0 Å². The summed E-state index contributed by atoms with van der Waals surface area (Å²) in [6.07, 6.45) is 6.06. The van der Waals surface area contributed by atoms with Crippen LogP contribution in [0.25, 0.3) is 0 Å². The monoisotopic (exact) mass is 196 g/mol. The zero-order chi connectivity index (χ0) is 10.7. The third kappa shape index (κ3) is 2.15. The summed E-state index contributed by atoms with van der Waals surface area (Å²) in [4.78, 5) is 0. The van der Waals surface area contributed by atoms with Gasteiger partial charge in [0.15, 0.2) is 0 Å². The van der Waals surface area contributed by atoms with Crippen molar-refractivity contribution in [2.45, 2.75) is 60.3 Å². The van der Waals surface area contributed by atoms with Crippen molar-refractivity contribution < 1.29 is 0 Å². The van der Waals surface area contributed by atoms with Crippen LogP contribution < -0.4 is 0 Å². The van der Waals surface area contributed by atoms with E-state index in [2.05, 4.69) is 20.8 Å². The van der Waals surface area contributed by atoms with Gasteiger partial charge in [0.2, 0.25) is 0 Å². The van der Waals surface area contributed by atoms with Gasteiger partial charge in [-0.25, -0.2) is 0 Å². The first kappa shape index (κ1) is 12.1. The molecule has 0 spiro atoms. The number of fused-ring (bicyclic) bond motifs is 1. The lowest BCUT2D eigenvalue weighted by molar-refractivity contribution is 0.110. The van der Waals surface area contributed by atoms with Gasteiger partial charge in [0.05, 0.1) is 0 Å². The van der Waals surface area contributed by atoms with E-state index in [0.29, 0.717) is 0 Å². The molecule has 0 bridgehead atoms. The molecular formula is C14H28. The lowest BCUT2D eigenvalue weighted by atomic mass is 9.67. The Morgan fingerprint density at radius 2 is 1.21 bits per heavy atom. The third-order valence-corrected chi connectivity index (χ3v) is 4.69. The number of hydrogen-bond acceptors (Lipinski definition) is 0. The first-order valence-corrected chi connectivity index (χ1v) is 6.70. The molecule has 0 amide bonds. The van der Waals surface area contributed by atoms with E-state index in [4.69, 9.17) is 0 Å². The second-order valence-corrected chi connectivity index (χ2v) is 5.31. The van der Waals surface area contributed by atoms with Crippen molar-refractivity contribution >= 4 is 0 Å². The molecule has 5 unspecified atom stereocenters. The fourth-order valence-corrected chi connectivity index (χ4v) is 3.73. The van der Waals surface area contributed by atoms with Gasteiger partial charge in [0, 0.05) is 0 Å². The zero-order valence-electron chi connectivity index (χ0n) is 10.7. The maximum Gasteiger partial charge on any atom is -0.0332 e. The molecule has 0 saturated heterocycles. The smallest absolute Gasteiger partial charge is 0.0332 e. The molecule has 2 aliphatic rings. The number of hydrogen-bond donors (Lipinski definition) is 0. The lowest BCUT2D eigenvalue weighted by Crippen LogP contribution is -2.31. The van der Waals surface area contributed by atoms with Crippen molar-refractivity contribution in [3.8, 4) is 0 Å². The highest BCUT2D eigenvalue weighted by Gasteiger charge is 2.41. The molecule has 0 N–H and O–H groups in total. The standard InChI is InChI=1S/C12H22.C2H6/c1-8-4-6-11-7-5-9(2)12(11)10(8)3;1-2/h8-12H,4-7H2,1-3H3;1-2H3. The van der Waals surface area contributed by atoms with Crippen LogP contribution in [0.5, 0.6) is 0 Å². The minimum absolute atomic E-state index is 0.992. The molecule has 14 heavy (non-hydrogen) atoms.